The molecule has 3 fully saturated rings. The first-order valence-corrected chi connectivity index (χ1v) is 16.1. The van der Waals surface area contributed by atoms with Gasteiger partial charge in [-0.3, -0.25) is 19.2 Å². The van der Waals surface area contributed by atoms with Crippen LogP contribution < -0.4 is 27.0 Å². The predicted molar refractivity (Wildman–Crippen MR) is 163 cm³/mol. The first kappa shape index (κ1) is 35.1. The number of hydrogen-bond donors (Lipinski definition) is 5. The number of ether oxygens (including phenoxy) is 1. The smallest absolute Gasteiger partial charge is 0.407 e. The van der Waals surface area contributed by atoms with E-state index in [2.05, 4.69) is 21.3 Å². The van der Waals surface area contributed by atoms with Gasteiger partial charge in [0.05, 0.1) is 12.1 Å². The average molecular weight is 621 g/mol. The van der Waals surface area contributed by atoms with Crippen LogP contribution >= 0.6 is 0 Å². The topological polar surface area (TPSA) is 189 Å². The Hall–Kier alpha value is -3.38. The summed E-state index contributed by atoms with van der Waals surface area (Å²) in [5.41, 5.74) is 4.80. The van der Waals surface area contributed by atoms with Crippen molar-refractivity contribution in [2.24, 2.45) is 28.9 Å². The fourth-order valence-corrected chi connectivity index (χ4v) is 6.13. The number of nitrogens with zero attached hydrogens (tertiary/aromatic N) is 1. The molecule has 2 aliphatic carbocycles. The highest BCUT2D eigenvalue weighted by Gasteiger charge is 2.44. The Morgan fingerprint density at radius 2 is 1.61 bits per heavy atom. The highest BCUT2D eigenvalue weighted by molar-refractivity contribution is 6.37. The summed E-state index contributed by atoms with van der Waals surface area (Å²) in [5, 5.41) is 11.1. The normalized spacial score (nSPS) is 22.7. The maximum absolute atomic E-state index is 14.2. The van der Waals surface area contributed by atoms with Crippen molar-refractivity contribution >= 4 is 35.6 Å². The second-order valence-electron chi connectivity index (χ2n) is 13.9. The summed E-state index contributed by atoms with van der Waals surface area (Å²) in [6, 6.07) is -3.82. The molecule has 0 aromatic heterocycles. The van der Waals surface area contributed by atoms with Gasteiger partial charge in [-0.15, -0.1) is 0 Å². The quantitative estimate of drug-likeness (QED) is 0.195. The van der Waals surface area contributed by atoms with Gasteiger partial charge in [0.25, 0.3) is 5.91 Å². The molecular formula is C31H52N6O7. The van der Waals surface area contributed by atoms with Crippen LogP contribution in [0.4, 0.5) is 9.59 Å². The lowest BCUT2D eigenvalue weighted by Gasteiger charge is -2.36. The lowest BCUT2D eigenvalue weighted by molar-refractivity contribution is -0.143. The van der Waals surface area contributed by atoms with Crippen molar-refractivity contribution in [2.75, 3.05) is 19.7 Å². The summed E-state index contributed by atoms with van der Waals surface area (Å²) >= 11 is 0. The van der Waals surface area contributed by atoms with Gasteiger partial charge in [-0.1, -0.05) is 59.8 Å². The van der Waals surface area contributed by atoms with E-state index in [0.717, 1.165) is 44.9 Å². The van der Waals surface area contributed by atoms with Crippen LogP contribution in [0.3, 0.4) is 0 Å². The van der Waals surface area contributed by atoms with Gasteiger partial charge >= 0.3 is 12.1 Å². The third kappa shape index (κ3) is 10.1. The lowest BCUT2D eigenvalue weighted by Crippen LogP contribution is -2.60. The molecule has 0 aromatic carbocycles. The molecule has 1 heterocycles. The number of likely N-dealkylation sites (tertiary alicyclic amines) is 1. The van der Waals surface area contributed by atoms with Crippen LogP contribution in [0.2, 0.25) is 0 Å². The van der Waals surface area contributed by atoms with Crippen LogP contribution in [0, 0.1) is 23.2 Å². The SMILES string of the molecule is CCNC(=O)OC[C@@H](NC(=O)NC(C(=O)N1C[C@H](C)CC1C(=O)NC(CC1CC1)C(=O)C(N)=O)C1CCCCC1)C(C)(C)C. The number of rotatable bonds is 13. The molecule has 5 atom stereocenters. The number of urea groups is 1. The Labute approximate surface area is 260 Å². The molecule has 1 aliphatic heterocycles. The Balaban J connectivity index is 1.76. The second-order valence-corrected chi connectivity index (χ2v) is 13.9. The monoisotopic (exact) mass is 620 g/mol. The number of carbonyl (C=O) groups excluding carboxylic acids is 6. The summed E-state index contributed by atoms with van der Waals surface area (Å²) in [5.74, 6) is -2.61. The molecule has 44 heavy (non-hydrogen) atoms. The van der Waals surface area contributed by atoms with E-state index < -0.39 is 59.3 Å². The number of amides is 6. The molecule has 13 heteroatoms. The lowest BCUT2D eigenvalue weighted by atomic mass is 9.83. The maximum atomic E-state index is 14.2. The van der Waals surface area contributed by atoms with Crippen LogP contribution in [0.5, 0.6) is 0 Å². The minimum atomic E-state index is -1.10. The van der Waals surface area contributed by atoms with E-state index >= 15 is 0 Å². The number of primary amides is 1. The van der Waals surface area contributed by atoms with Crippen molar-refractivity contribution < 1.29 is 33.5 Å². The van der Waals surface area contributed by atoms with Crippen LogP contribution in [-0.2, 0) is 23.9 Å². The Kier molecular flexibility index (Phi) is 12.4. The molecule has 3 unspecified atom stereocenters. The zero-order valence-corrected chi connectivity index (χ0v) is 26.9. The largest absolute Gasteiger partial charge is 0.447 e. The van der Waals surface area contributed by atoms with E-state index in [4.69, 9.17) is 10.5 Å². The molecule has 248 valence electrons. The first-order valence-electron chi connectivity index (χ1n) is 16.1. The van der Waals surface area contributed by atoms with E-state index in [1.807, 2.05) is 27.7 Å². The van der Waals surface area contributed by atoms with Crippen molar-refractivity contribution in [1.29, 1.82) is 0 Å². The minimum Gasteiger partial charge on any atom is -0.447 e. The summed E-state index contributed by atoms with van der Waals surface area (Å²) < 4.78 is 5.30. The van der Waals surface area contributed by atoms with E-state index in [-0.39, 0.29) is 30.3 Å². The van der Waals surface area contributed by atoms with Crippen LogP contribution in [-0.4, -0.2) is 84.4 Å². The standard InChI is InChI=1S/C31H52N6O7/c1-6-33-30(43)44-17-23(31(3,4)5)35-29(42)36-24(20-10-8-7-9-11-20)28(41)37-16-18(2)14-22(37)27(40)34-21(15-19-12-13-19)25(38)26(32)39/h18-24H,6-17H2,1-5H3,(H2,32,39)(H,33,43)(H,34,40)(H2,35,36,42)/t18-,21?,22?,23-,24?/m1/s1. The minimum absolute atomic E-state index is 0.0148. The van der Waals surface area contributed by atoms with Crippen LogP contribution in [0.25, 0.3) is 0 Å². The Morgan fingerprint density at radius 3 is 2.18 bits per heavy atom. The van der Waals surface area contributed by atoms with E-state index in [9.17, 15) is 28.8 Å². The summed E-state index contributed by atoms with van der Waals surface area (Å²) in [6.45, 7) is 10.1. The van der Waals surface area contributed by atoms with Crippen molar-refractivity contribution in [2.45, 2.75) is 117 Å². The third-order valence-corrected chi connectivity index (χ3v) is 8.96. The first-order chi connectivity index (χ1) is 20.7. The van der Waals surface area contributed by atoms with Crippen molar-refractivity contribution in [3.05, 3.63) is 0 Å². The summed E-state index contributed by atoms with van der Waals surface area (Å²) in [6.07, 6.45) is 6.44. The summed E-state index contributed by atoms with van der Waals surface area (Å²) in [4.78, 5) is 78.7. The maximum Gasteiger partial charge on any atom is 0.407 e. The van der Waals surface area contributed by atoms with Crippen LogP contribution in [0.1, 0.15) is 92.4 Å². The fraction of sp³-hybridized carbons (Fsp3) is 0.806. The molecule has 2 saturated carbocycles. The van der Waals surface area contributed by atoms with Gasteiger partial charge in [0.15, 0.2) is 0 Å². The zero-order chi connectivity index (χ0) is 32.6. The number of alkyl carbamates (subject to hydrolysis) is 1. The molecule has 3 aliphatic rings. The fourth-order valence-electron chi connectivity index (χ4n) is 6.13. The highest BCUT2D eigenvalue weighted by Crippen LogP contribution is 2.34. The predicted octanol–water partition coefficient (Wildman–Crippen LogP) is 1.97. The van der Waals surface area contributed by atoms with Crippen molar-refractivity contribution in [1.82, 2.24) is 26.2 Å². The van der Waals surface area contributed by atoms with E-state index in [1.165, 1.54) is 4.90 Å². The number of nitrogens with two attached hydrogens (primary N) is 1. The Bertz CT molecular complexity index is 1070. The van der Waals surface area contributed by atoms with Crippen LogP contribution in [0.15, 0.2) is 0 Å². The summed E-state index contributed by atoms with van der Waals surface area (Å²) in [7, 11) is 0. The van der Waals surface area contributed by atoms with Gasteiger partial charge in [-0.05, 0) is 55.8 Å². The number of Topliss-reactive ketones (excluding diaryl/α,β-unsaturated/α-hetero) is 1. The van der Waals surface area contributed by atoms with Gasteiger partial charge in [0, 0.05) is 13.1 Å². The molecule has 0 radical (unpaired) electrons. The van der Waals surface area contributed by atoms with Crippen molar-refractivity contribution in [3.8, 4) is 0 Å². The van der Waals surface area contributed by atoms with Gasteiger partial charge in [-0.2, -0.15) is 0 Å². The molecule has 0 spiro atoms. The molecule has 13 nitrogen and oxygen atoms in total. The molecule has 3 rings (SSSR count). The number of carbonyl (C=O) groups is 6. The highest BCUT2D eigenvalue weighted by atomic mass is 16.5. The second kappa shape index (κ2) is 15.6. The van der Waals surface area contributed by atoms with E-state index in [0.29, 0.717) is 25.9 Å². The molecule has 6 amide bonds. The van der Waals surface area contributed by atoms with Gasteiger partial charge in [0.1, 0.15) is 18.7 Å². The molecular weight excluding hydrogens is 568 g/mol. The van der Waals surface area contributed by atoms with Gasteiger partial charge in [0.2, 0.25) is 17.6 Å². The van der Waals surface area contributed by atoms with Gasteiger partial charge in [-0.25, -0.2) is 9.59 Å². The van der Waals surface area contributed by atoms with E-state index in [1.54, 1.807) is 6.92 Å². The average Bonchev–Trinajstić information content (AvgIpc) is 3.70. The van der Waals surface area contributed by atoms with Gasteiger partial charge < -0.3 is 36.6 Å². The molecule has 0 bridgehead atoms. The van der Waals surface area contributed by atoms with Crippen molar-refractivity contribution in [3.63, 3.8) is 0 Å². The number of hydrogen-bond acceptors (Lipinski definition) is 7. The zero-order valence-electron chi connectivity index (χ0n) is 26.9. The molecule has 0 aromatic rings. The molecule has 6 N–H and O–H groups in total. The molecule has 1 saturated heterocycles. The number of ketones is 1. The number of nitrogens with one attached hydrogen (secondary N) is 4. The Morgan fingerprint density at radius 1 is 0.955 bits per heavy atom. The third-order valence-electron chi connectivity index (χ3n) is 8.96.